The van der Waals surface area contributed by atoms with Crippen LogP contribution in [0.25, 0.3) is 10.9 Å². The number of fused-ring (bicyclic) bond motifs is 1. The number of H-pyrrole nitrogens is 1. The highest BCUT2D eigenvalue weighted by Gasteiger charge is 2.13. The first-order valence-electron chi connectivity index (χ1n) is 5.15. The predicted octanol–water partition coefficient (Wildman–Crippen LogP) is 2.07. The van der Waals surface area contributed by atoms with Gasteiger partial charge >= 0.3 is 0 Å². The van der Waals surface area contributed by atoms with Crippen molar-refractivity contribution in [1.82, 2.24) is 4.98 Å². The highest BCUT2D eigenvalue weighted by Crippen LogP contribution is 2.18. The van der Waals surface area contributed by atoms with Gasteiger partial charge in [0.05, 0.1) is 9.52 Å². The summed E-state index contributed by atoms with van der Waals surface area (Å²) in [6.45, 7) is 4.17. The second-order valence-corrected chi connectivity index (χ2v) is 6.43. The first-order chi connectivity index (χ1) is 7.06. The highest BCUT2D eigenvalue weighted by molar-refractivity contribution is 6.39. The lowest BCUT2D eigenvalue weighted by Gasteiger charge is -2.16. The Kier molecular flexibility index (Phi) is 2.67. The van der Waals surface area contributed by atoms with Gasteiger partial charge in [0.2, 0.25) is 0 Å². The highest BCUT2D eigenvalue weighted by atomic mass is 28.2. The van der Waals surface area contributed by atoms with Crippen LogP contribution >= 0.6 is 0 Å². The van der Waals surface area contributed by atoms with Gasteiger partial charge in [-0.25, -0.2) is 0 Å². The number of benzene rings is 1. The first-order valence-corrected chi connectivity index (χ1v) is 6.36. The summed E-state index contributed by atoms with van der Waals surface area (Å²) < 4.78 is 0. The van der Waals surface area contributed by atoms with E-state index in [2.05, 4.69) is 49.3 Å². The smallest absolute Gasteiger partial charge is 0.0691 e. The molecule has 0 unspecified atom stereocenters. The Morgan fingerprint density at radius 2 is 2.07 bits per heavy atom. The van der Waals surface area contributed by atoms with Crippen molar-refractivity contribution in [3.8, 4) is 0 Å². The summed E-state index contributed by atoms with van der Waals surface area (Å²) in [7, 11) is 0.757. The van der Waals surface area contributed by atoms with Gasteiger partial charge in [0, 0.05) is 17.1 Å². The Balaban J connectivity index is 2.22. The Bertz CT molecular complexity index is 454. The van der Waals surface area contributed by atoms with Gasteiger partial charge in [0.15, 0.2) is 0 Å². The predicted molar refractivity (Wildman–Crippen MR) is 66.0 cm³/mol. The normalized spacial score (nSPS) is 12.2. The van der Waals surface area contributed by atoms with E-state index in [9.17, 15) is 0 Å². The van der Waals surface area contributed by atoms with E-state index in [0.29, 0.717) is 0 Å². The van der Waals surface area contributed by atoms with Crippen LogP contribution in [0, 0.1) is 0 Å². The molecule has 0 atom stereocenters. The summed E-state index contributed by atoms with van der Waals surface area (Å²) in [6.07, 6.45) is 2.10. The summed E-state index contributed by atoms with van der Waals surface area (Å²) in [5.41, 5.74) is 8.59. The molecular formula is C12H16N2Si. The zero-order chi connectivity index (χ0) is 10.9. The molecule has 3 N–H and O–H groups in total. The summed E-state index contributed by atoms with van der Waals surface area (Å²) in [5.74, 6) is 0. The van der Waals surface area contributed by atoms with Crippen molar-refractivity contribution in [3.63, 3.8) is 0 Å². The minimum Gasteiger partial charge on any atom is -0.361 e. The topological polar surface area (TPSA) is 41.8 Å². The molecule has 2 rings (SSSR count). The lowest BCUT2D eigenvalue weighted by Crippen LogP contribution is -2.40. The van der Waals surface area contributed by atoms with Crippen LogP contribution in [0.4, 0.5) is 0 Å². The van der Waals surface area contributed by atoms with Gasteiger partial charge in [0.1, 0.15) is 0 Å². The van der Waals surface area contributed by atoms with E-state index < -0.39 is 0 Å². The second-order valence-electron chi connectivity index (χ2n) is 4.43. The number of nitrogens with two attached hydrogens (primary N) is 1. The van der Waals surface area contributed by atoms with Crippen LogP contribution in [0.5, 0.6) is 0 Å². The van der Waals surface area contributed by atoms with Crippen molar-refractivity contribution in [1.29, 1.82) is 0 Å². The van der Waals surface area contributed by atoms with Gasteiger partial charge in [-0.3, -0.25) is 0 Å². The number of hydrogen-bond donors (Lipinski definition) is 2. The molecule has 0 aliphatic heterocycles. The average molecular weight is 216 g/mol. The summed E-state index contributed by atoms with van der Waals surface area (Å²) in [4.78, 5) is 3.29. The van der Waals surface area contributed by atoms with E-state index in [1.165, 1.54) is 16.5 Å². The molecule has 2 nitrogen and oxygen atoms in total. The Labute approximate surface area is 92.7 Å². The molecule has 3 heteroatoms. The molecule has 0 saturated carbocycles. The van der Waals surface area contributed by atoms with Crippen molar-refractivity contribution < 1.29 is 0 Å². The average Bonchev–Trinajstić information content (AvgIpc) is 2.57. The number of para-hydroxylation sites is 1. The molecule has 0 aliphatic carbocycles. The molecular weight excluding hydrogens is 200 g/mol. The van der Waals surface area contributed by atoms with Gasteiger partial charge in [-0.1, -0.05) is 32.0 Å². The van der Waals surface area contributed by atoms with Crippen LogP contribution in [-0.2, 0) is 6.04 Å². The molecule has 1 aromatic carbocycles. The van der Waals surface area contributed by atoms with Crippen molar-refractivity contribution >= 4 is 20.4 Å². The fraction of sp³-hybridized carbons (Fsp3) is 0.333. The number of aromatic amines is 1. The Morgan fingerprint density at radius 3 is 2.80 bits per heavy atom. The molecule has 0 spiro atoms. The largest absolute Gasteiger partial charge is 0.361 e. The number of rotatable bonds is 3. The summed E-state index contributed by atoms with van der Waals surface area (Å²) >= 11 is 0. The lowest BCUT2D eigenvalue weighted by atomic mass is 10.2. The Hall–Kier alpha value is -1.06. The van der Waals surface area contributed by atoms with Crippen LogP contribution in [0.3, 0.4) is 0 Å². The van der Waals surface area contributed by atoms with Crippen LogP contribution < -0.4 is 5.73 Å². The third kappa shape index (κ3) is 2.49. The second kappa shape index (κ2) is 3.83. The SMILES string of the molecule is CC(C)(N)[Si]Cc1c[nH]c2ccccc12. The molecule has 1 aromatic heterocycles. The molecule has 0 saturated heterocycles. The Morgan fingerprint density at radius 1 is 1.33 bits per heavy atom. The van der Waals surface area contributed by atoms with E-state index >= 15 is 0 Å². The third-order valence-electron chi connectivity index (χ3n) is 2.41. The molecule has 0 amide bonds. The molecule has 0 bridgehead atoms. The van der Waals surface area contributed by atoms with Crippen LogP contribution in [0.2, 0.25) is 0 Å². The monoisotopic (exact) mass is 216 g/mol. The van der Waals surface area contributed by atoms with E-state index in [-0.39, 0.29) is 5.16 Å². The number of aromatic nitrogens is 1. The molecule has 2 aromatic rings. The number of nitrogens with one attached hydrogen (secondary N) is 1. The minimum absolute atomic E-state index is 0.0572. The van der Waals surface area contributed by atoms with Gasteiger partial charge in [-0.05, 0) is 22.8 Å². The van der Waals surface area contributed by atoms with Gasteiger partial charge in [-0.15, -0.1) is 0 Å². The third-order valence-corrected chi connectivity index (χ3v) is 3.88. The van der Waals surface area contributed by atoms with Crippen LogP contribution in [-0.4, -0.2) is 19.7 Å². The molecule has 1 heterocycles. The maximum Gasteiger partial charge on any atom is 0.0691 e. The van der Waals surface area contributed by atoms with E-state index in [1.807, 2.05) is 0 Å². The van der Waals surface area contributed by atoms with Crippen LogP contribution in [0.1, 0.15) is 19.4 Å². The molecule has 0 aliphatic rings. The first kappa shape index (κ1) is 10.5. The van der Waals surface area contributed by atoms with Gasteiger partial charge in [-0.2, -0.15) is 0 Å². The van der Waals surface area contributed by atoms with Crippen LogP contribution in [0.15, 0.2) is 30.5 Å². The van der Waals surface area contributed by atoms with E-state index in [1.54, 1.807) is 0 Å². The maximum atomic E-state index is 6.00. The fourth-order valence-electron chi connectivity index (χ4n) is 1.60. The molecule has 0 fully saturated rings. The fourth-order valence-corrected chi connectivity index (χ4v) is 2.54. The zero-order valence-corrected chi connectivity index (χ0v) is 10.2. The van der Waals surface area contributed by atoms with E-state index in [0.717, 1.165) is 15.6 Å². The number of hydrogen-bond acceptors (Lipinski definition) is 1. The lowest BCUT2D eigenvalue weighted by molar-refractivity contribution is 0.725. The molecule has 78 valence electrons. The van der Waals surface area contributed by atoms with Crippen molar-refractivity contribution in [2.75, 3.05) is 0 Å². The maximum absolute atomic E-state index is 6.00. The van der Waals surface area contributed by atoms with Crippen molar-refractivity contribution in [2.45, 2.75) is 25.1 Å². The standard InChI is InChI=1S/C12H16N2Si/c1-12(2,13)15-8-9-7-14-11-6-4-3-5-10(9)11/h3-7,14H,8,13H2,1-2H3. The quantitative estimate of drug-likeness (QED) is 0.758. The van der Waals surface area contributed by atoms with Crippen molar-refractivity contribution in [3.05, 3.63) is 36.0 Å². The summed E-state index contributed by atoms with van der Waals surface area (Å²) in [5, 5.41) is 1.27. The van der Waals surface area contributed by atoms with E-state index in [4.69, 9.17) is 5.73 Å². The van der Waals surface area contributed by atoms with Gasteiger partial charge in [0.25, 0.3) is 0 Å². The molecule has 15 heavy (non-hydrogen) atoms. The summed E-state index contributed by atoms with van der Waals surface area (Å²) in [6, 6.07) is 9.46. The zero-order valence-electron chi connectivity index (χ0n) is 9.17. The van der Waals surface area contributed by atoms with Gasteiger partial charge < -0.3 is 10.7 Å². The molecule has 2 radical (unpaired) electrons. The minimum atomic E-state index is -0.0572. The van der Waals surface area contributed by atoms with Crippen molar-refractivity contribution in [2.24, 2.45) is 5.73 Å².